The van der Waals surface area contributed by atoms with Crippen LogP contribution >= 0.6 is 23.1 Å². The average Bonchev–Trinajstić information content (AvgIpc) is 3.23. The number of nitrogens with zero attached hydrogens (tertiary/aromatic N) is 4. The van der Waals surface area contributed by atoms with E-state index in [2.05, 4.69) is 34.7 Å². The summed E-state index contributed by atoms with van der Waals surface area (Å²) in [5.41, 5.74) is 2.57. The number of rotatable bonds is 7. The fourth-order valence-corrected chi connectivity index (χ4v) is 4.30. The van der Waals surface area contributed by atoms with Crippen molar-refractivity contribution in [3.05, 3.63) is 50.2 Å². The van der Waals surface area contributed by atoms with Crippen molar-refractivity contribution < 1.29 is 9.72 Å². The van der Waals surface area contributed by atoms with Gasteiger partial charge in [0.25, 0.3) is 5.69 Å². The first-order valence-corrected chi connectivity index (χ1v) is 10.4. The van der Waals surface area contributed by atoms with Crippen LogP contribution in [0.1, 0.15) is 17.4 Å². The normalized spacial score (nSPS) is 10.8. The molecule has 0 aliphatic heterocycles. The molecule has 0 radical (unpaired) electrons. The summed E-state index contributed by atoms with van der Waals surface area (Å²) < 4.78 is 1.99. The van der Waals surface area contributed by atoms with Gasteiger partial charge in [-0.3, -0.25) is 14.9 Å². The Morgan fingerprint density at radius 3 is 2.79 bits per heavy atom. The summed E-state index contributed by atoms with van der Waals surface area (Å²) >= 11 is 2.96. The van der Waals surface area contributed by atoms with Crippen LogP contribution in [0.15, 0.2) is 34.8 Å². The van der Waals surface area contributed by atoms with Crippen LogP contribution < -0.4 is 5.32 Å². The number of carbonyl (C=O) groups excluding carboxylic acids is 1. The number of hydrogen-bond donors (Lipinski definition) is 1. The van der Waals surface area contributed by atoms with Crippen LogP contribution in [0.2, 0.25) is 0 Å². The van der Waals surface area contributed by atoms with Gasteiger partial charge in [0.2, 0.25) is 5.91 Å². The third-order valence-electron chi connectivity index (χ3n) is 4.23. The Bertz CT molecular complexity index is 1030. The summed E-state index contributed by atoms with van der Waals surface area (Å²) in [4.78, 5) is 23.8. The second kappa shape index (κ2) is 8.53. The van der Waals surface area contributed by atoms with Gasteiger partial charge in [0, 0.05) is 40.2 Å². The molecule has 0 spiro atoms. The van der Waals surface area contributed by atoms with Crippen LogP contribution in [-0.2, 0) is 11.3 Å². The Morgan fingerprint density at radius 2 is 2.14 bits per heavy atom. The van der Waals surface area contributed by atoms with Crippen LogP contribution in [-0.4, -0.2) is 31.3 Å². The molecule has 0 unspecified atom stereocenters. The first kappa shape index (κ1) is 20.0. The van der Waals surface area contributed by atoms with Crippen molar-refractivity contribution >= 4 is 40.4 Å². The Balaban J connectivity index is 1.69. The lowest BCUT2D eigenvalue weighted by atomic mass is 10.1. The first-order valence-electron chi connectivity index (χ1n) is 8.56. The number of anilines is 1. The minimum Gasteiger partial charge on any atom is -0.325 e. The van der Waals surface area contributed by atoms with Gasteiger partial charge in [0.15, 0.2) is 11.0 Å². The second-order valence-electron chi connectivity index (χ2n) is 6.03. The number of thioether (sulfide) groups is 1. The summed E-state index contributed by atoms with van der Waals surface area (Å²) in [6.07, 6.45) is 0. The lowest BCUT2D eigenvalue weighted by molar-refractivity contribution is -0.384. The fourth-order valence-electron chi connectivity index (χ4n) is 2.64. The van der Waals surface area contributed by atoms with E-state index < -0.39 is 4.92 Å². The summed E-state index contributed by atoms with van der Waals surface area (Å²) in [7, 11) is 0. The molecule has 0 saturated carbocycles. The van der Waals surface area contributed by atoms with E-state index in [0.29, 0.717) is 17.4 Å². The minimum atomic E-state index is -0.496. The van der Waals surface area contributed by atoms with E-state index in [1.165, 1.54) is 40.4 Å². The van der Waals surface area contributed by atoms with E-state index in [9.17, 15) is 14.9 Å². The Labute approximate surface area is 170 Å². The molecule has 8 nitrogen and oxygen atoms in total. The number of amides is 1. The van der Waals surface area contributed by atoms with Gasteiger partial charge >= 0.3 is 0 Å². The van der Waals surface area contributed by atoms with Crippen molar-refractivity contribution in [3.63, 3.8) is 0 Å². The number of aromatic nitrogens is 3. The van der Waals surface area contributed by atoms with Crippen molar-refractivity contribution in [2.24, 2.45) is 0 Å². The molecule has 3 aromatic rings. The summed E-state index contributed by atoms with van der Waals surface area (Å²) in [5.74, 6) is 0.661. The number of thiophene rings is 1. The Morgan fingerprint density at radius 1 is 1.36 bits per heavy atom. The van der Waals surface area contributed by atoms with E-state index in [4.69, 9.17) is 0 Å². The van der Waals surface area contributed by atoms with Crippen LogP contribution in [0.4, 0.5) is 11.4 Å². The van der Waals surface area contributed by atoms with Gasteiger partial charge in [-0.15, -0.1) is 21.5 Å². The van der Waals surface area contributed by atoms with Crippen molar-refractivity contribution in [1.29, 1.82) is 0 Å². The number of hydrogen-bond acceptors (Lipinski definition) is 7. The topological polar surface area (TPSA) is 103 Å². The maximum atomic E-state index is 12.2. The van der Waals surface area contributed by atoms with E-state index >= 15 is 0 Å². The molecule has 2 aromatic heterocycles. The number of benzene rings is 1. The van der Waals surface area contributed by atoms with Crippen LogP contribution in [0.5, 0.6) is 0 Å². The van der Waals surface area contributed by atoms with Gasteiger partial charge < -0.3 is 9.88 Å². The van der Waals surface area contributed by atoms with Gasteiger partial charge in [-0.25, -0.2) is 0 Å². The number of nitrogens with one attached hydrogen (secondary N) is 1. The molecular formula is C18H19N5O3S2. The second-order valence-corrected chi connectivity index (χ2v) is 8.05. The zero-order valence-electron chi connectivity index (χ0n) is 15.6. The number of nitro benzene ring substituents is 1. The molecule has 146 valence electrons. The highest BCUT2D eigenvalue weighted by Gasteiger charge is 2.18. The predicted octanol–water partition coefficient (Wildman–Crippen LogP) is 4.28. The average molecular weight is 418 g/mol. The molecule has 10 heteroatoms. The maximum absolute atomic E-state index is 12.2. The molecule has 28 heavy (non-hydrogen) atoms. The quantitative estimate of drug-likeness (QED) is 0.350. The highest BCUT2D eigenvalue weighted by Crippen LogP contribution is 2.31. The summed E-state index contributed by atoms with van der Waals surface area (Å²) in [6.45, 7) is 6.83. The number of aryl methyl sites for hydroxylation is 1. The molecule has 1 amide bonds. The number of nitro groups is 1. The Hall–Kier alpha value is -2.72. The lowest BCUT2D eigenvalue weighted by Gasteiger charge is -2.08. The van der Waals surface area contributed by atoms with Gasteiger partial charge in [-0.1, -0.05) is 17.8 Å². The van der Waals surface area contributed by atoms with E-state index in [1.807, 2.05) is 11.5 Å². The molecule has 0 fully saturated rings. The van der Waals surface area contributed by atoms with Gasteiger partial charge in [0.1, 0.15) is 0 Å². The predicted molar refractivity (Wildman–Crippen MR) is 111 cm³/mol. The first-order chi connectivity index (χ1) is 13.4. The van der Waals surface area contributed by atoms with Crippen LogP contribution in [0, 0.1) is 24.0 Å². The van der Waals surface area contributed by atoms with Gasteiger partial charge in [-0.2, -0.15) is 0 Å². The highest BCUT2D eigenvalue weighted by molar-refractivity contribution is 7.99. The molecule has 0 aliphatic rings. The van der Waals surface area contributed by atoms with Gasteiger partial charge in [-0.05, 0) is 32.4 Å². The molecule has 1 aromatic carbocycles. The van der Waals surface area contributed by atoms with Crippen molar-refractivity contribution in [1.82, 2.24) is 14.8 Å². The molecule has 0 saturated heterocycles. The van der Waals surface area contributed by atoms with Crippen LogP contribution in [0.25, 0.3) is 11.4 Å². The highest BCUT2D eigenvalue weighted by atomic mass is 32.2. The number of non-ortho nitro benzene ring substituents is 1. The number of carbonyl (C=O) groups is 1. The molecule has 1 N–H and O–H groups in total. The van der Waals surface area contributed by atoms with E-state index in [1.54, 1.807) is 17.4 Å². The SMILES string of the molecule is CCn1c(SCC(=O)Nc2cccc([N+](=O)[O-])c2)nnc1-c1csc(C)c1C. The van der Waals surface area contributed by atoms with E-state index in [0.717, 1.165) is 11.4 Å². The van der Waals surface area contributed by atoms with E-state index in [-0.39, 0.29) is 17.3 Å². The zero-order chi connectivity index (χ0) is 20.3. The third-order valence-corrected chi connectivity index (χ3v) is 6.21. The van der Waals surface area contributed by atoms with Gasteiger partial charge in [0.05, 0.1) is 10.7 Å². The molecule has 0 bridgehead atoms. The third kappa shape index (κ3) is 4.23. The lowest BCUT2D eigenvalue weighted by Crippen LogP contribution is -2.14. The summed E-state index contributed by atoms with van der Waals surface area (Å²) in [5, 5.41) is 24.8. The van der Waals surface area contributed by atoms with Crippen molar-refractivity contribution in [2.45, 2.75) is 32.5 Å². The minimum absolute atomic E-state index is 0.0674. The molecule has 0 aliphatic carbocycles. The Kier molecular flexibility index (Phi) is 6.10. The largest absolute Gasteiger partial charge is 0.325 e. The monoisotopic (exact) mass is 417 g/mol. The zero-order valence-corrected chi connectivity index (χ0v) is 17.3. The molecule has 2 heterocycles. The maximum Gasteiger partial charge on any atom is 0.271 e. The van der Waals surface area contributed by atoms with Crippen LogP contribution in [0.3, 0.4) is 0 Å². The summed E-state index contributed by atoms with van der Waals surface area (Å²) in [6, 6.07) is 5.86. The fraction of sp³-hybridized carbons (Fsp3) is 0.278. The molecular weight excluding hydrogens is 398 g/mol. The van der Waals surface area contributed by atoms with Crippen molar-refractivity contribution in [3.8, 4) is 11.4 Å². The standard InChI is InChI=1S/C18H19N5O3S2/c1-4-22-17(15-9-27-12(3)11(15)2)20-21-18(22)28-10-16(24)19-13-6-5-7-14(8-13)23(25)26/h5-9H,4,10H2,1-3H3,(H,19,24). The smallest absolute Gasteiger partial charge is 0.271 e. The molecule has 0 atom stereocenters. The molecule has 3 rings (SSSR count). The van der Waals surface area contributed by atoms with Crippen molar-refractivity contribution in [2.75, 3.05) is 11.1 Å².